The zero-order chi connectivity index (χ0) is 26.4. The van der Waals surface area contributed by atoms with Crippen LogP contribution >= 0.6 is 11.6 Å². The predicted octanol–water partition coefficient (Wildman–Crippen LogP) is 5.12. The molecule has 3 heterocycles. The number of nitrogens with zero attached hydrogens (tertiary/aromatic N) is 5. The number of benzene rings is 1. The van der Waals surface area contributed by atoms with E-state index in [1.807, 2.05) is 35.9 Å². The maximum atomic E-state index is 12.5. The van der Waals surface area contributed by atoms with Crippen molar-refractivity contribution in [1.82, 2.24) is 29.8 Å². The normalized spacial score (nSPS) is 14.5. The van der Waals surface area contributed by atoms with Crippen molar-refractivity contribution in [3.63, 3.8) is 0 Å². The summed E-state index contributed by atoms with van der Waals surface area (Å²) in [5.41, 5.74) is 2.90. The number of imidazole rings is 1. The number of rotatable bonds is 7. The van der Waals surface area contributed by atoms with Gasteiger partial charge in [0.05, 0.1) is 17.3 Å². The lowest BCUT2D eigenvalue weighted by Crippen LogP contribution is -2.33. The third kappa shape index (κ3) is 5.51. The summed E-state index contributed by atoms with van der Waals surface area (Å²) >= 11 is 6.54. The molecule has 1 N–H and O–H groups in total. The Labute approximate surface area is 214 Å². The van der Waals surface area contributed by atoms with Gasteiger partial charge in [-0.15, -0.1) is 0 Å². The number of aryl methyl sites for hydroxylation is 1. The molecule has 1 aromatic carbocycles. The third-order valence-electron chi connectivity index (χ3n) is 6.01. The number of hydrogen-bond acceptors (Lipinski definition) is 6. The molecule has 0 spiro atoms. The van der Waals surface area contributed by atoms with Gasteiger partial charge in [0.25, 0.3) is 5.91 Å². The fourth-order valence-electron chi connectivity index (χ4n) is 3.82. The summed E-state index contributed by atoms with van der Waals surface area (Å²) in [6, 6.07) is 8.08. The molecule has 0 atom stereocenters. The van der Waals surface area contributed by atoms with E-state index in [0.717, 1.165) is 24.1 Å². The van der Waals surface area contributed by atoms with E-state index in [0.29, 0.717) is 35.0 Å². The number of nitrogens with one attached hydrogen (secondary N) is 1. The number of fused-ring (bicyclic) bond motifs is 1. The highest BCUT2D eigenvalue weighted by Gasteiger charge is 2.41. The van der Waals surface area contributed by atoms with E-state index < -0.39 is 18.6 Å². The van der Waals surface area contributed by atoms with Gasteiger partial charge in [-0.3, -0.25) is 9.78 Å². The summed E-state index contributed by atoms with van der Waals surface area (Å²) in [6.07, 6.45) is 0.408. The summed E-state index contributed by atoms with van der Waals surface area (Å²) < 4.78 is 45.5. The standard InChI is InChI=1S/C25H22ClF3N6O2/c1-14-5-8-30-16(9-14)11-35-20(34-19-21(35)32-13-33-23(19)37-24(2)6-7-24)17-4-3-15(10-18(17)26)22(36)31-12-25(27,28)29/h3-5,8-10,13H,6-7,11-12H2,1-2H3,(H,31,36). The van der Waals surface area contributed by atoms with Crippen molar-refractivity contribution in [2.24, 2.45) is 0 Å². The van der Waals surface area contributed by atoms with Crippen LogP contribution in [0.4, 0.5) is 13.2 Å². The fourth-order valence-corrected chi connectivity index (χ4v) is 4.09. The Bertz CT molecular complexity index is 1500. The average molecular weight is 531 g/mol. The van der Waals surface area contributed by atoms with Crippen LogP contribution in [0.15, 0.2) is 42.9 Å². The zero-order valence-electron chi connectivity index (χ0n) is 19.9. The van der Waals surface area contributed by atoms with Crippen molar-refractivity contribution in [1.29, 1.82) is 0 Å². The SMILES string of the molecule is Cc1ccnc(Cn2c(-c3ccc(C(=O)NCC(F)(F)F)cc3Cl)nc3c(OC4(C)CC4)ncnc32)c1. The highest BCUT2D eigenvalue weighted by Crippen LogP contribution is 2.41. The van der Waals surface area contributed by atoms with E-state index in [9.17, 15) is 18.0 Å². The number of carbonyl (C=O) groups is 1. The molecule has 192 valence electrons. The molecule has 0 radical (unpaired) electrons. The molecule has 12 heteroatoms. The monoisotopic (exact) mass is 530 g/mol. The van der Waals surface area contributed by atoms with Crippen molar-refractivity contribution < 1.29 is 22.7 Å². The number of alkyl halides is 3. The molecule has 0 bridgehead atoms. The van der Waals surface area contributed by atoms with Gasteiger partial charge in [0.15, 0.2) is 11.2 Å². The van der Waals surface area contributed by atoms with E-state index in [1.54, 1.807) is 12.3 Å². The average Bonchev–Trinajstić information content (AvgIpc) is 3.45. The van der Waals surface area contributed by atoms with E-state index in [1.165, 1.54) is 18.5 Å². The number of ether oxygens (including phenoxy) is 1. The Morgan fingerprint density at radius 2 is 1.97 bits per heavy atom. The molecule has 3 aromatic heterocycles. The lowest BCUT2D eigenvalue weighted by Gasteiger charge is -2.12. The first-order chi connectivity index (χ1) is 17.5. The fraction of sp³-hybridized carbons (Fsp3) is 0.320. The molecule has 1 fully saturated rings. The maximum Gasteiger partial charge on any atom is 0.405 e. The van der Waals surface area contributed by atoms with Gasteiger partial charge in [0.2, 0.25) is 5.88 Å². The molecule has 37 heavy (non-hydrogen) atoms. The summed E-state index contributed by atoms with van der Waals surface area (Å²) in [5, 5.41) is 1.98. The van der Waals surface area contributed by atoms with Crippen LogP contribution in [0, 0.1) is 6.92 Å². The Morgan fingerprint density at radius 1 is 1.19 bits per heavy atom. The molecule has 4 aromatic rings. The highest BCUT2D eigenvalue weighted by atomic mass is 35.5. The van der Waals surface area contributed by atoms with Crippen LogP contribution in [-0.4, -0.2) is 48.7 Å². The first-order valence-electron chi connectivity index (χ1n) is 11.5. The van der Waals surface area contributed by atoms with E-state index in [4.69, 9.17) is 21.3 Å². The summed E-state index contributed by atoms with van der Waals surface area (Å²) in [4.78, 5) is 30.2. The van der Waals surface area contributed by atoms with Gasteiger partial charge in [-0.05, 0) is 62.6 Å². The van der Waals surface area contributed by atoms with Gasteiger partial charge in [-0.1, -0.05) is 11.6 Å². The first-order valence-corrected chi connectivity index (χ1v) is 11.9. The van der Waals surface area contributed by atoms with Gasteiger partial charge in [0, 0.05) is 17.3 Å². The highest BCUT2D eigenvalue weighted by molar-refractivity contribution is 6.33. The molecule has 0 aliphatic heterocycles. The largest absolute Gasteiger partial charge is 0.470 e. The Balaban J connectivity index is 1.57. The van der Waals surface area contributed by atoms with Crippen LogP contribution in [0.1, 0.15) is 41.4 Å². The van der Waals surface area contributed by atoms with Crippen molar-refractivity contribution >= 4 is 28.7 Å². The Hall–Kier alpha value is -3.73. The van der Waals surface area contributed by atoms with Crippen LogP contribution < -0.4 is 10.1 Å². The van der Waals surface area contributed by atoms with Gasteiger partial charge in [-0.25, -0.2) is 9.97 Å². The summed E-state index contributed by atoms with van der Waals surface area (Å²) in [6.45, 7) is 2.83. The number of amides is 1. The first kappa shape index (κ1) is 24.9. The van der Waals surface area contributed by atoms with Crippen LogP contribution in [0.5, 0.6) is 5.88 Å². The molecular weight excluding hydrogens is 509 g/mol. The second kappa shape index (κ2) is 9.29. The van der Waals surface area contributed by atoms with Crippen LogP contribution in [-0.2, 0) is 6.54 Å². The van der Waals surface area contributed by atoms with E-state index >= 15 is 0 Å². The van der Waals surface area contributed by atoms with Crippen molar-refractivity contribution in [2.75, 3.05) is 6.54 Å². The quantitative estimate of drug-likeness (QED) is 0.356. The second-order valence-electron chi connectivity index (χ2n) is 9.24. The zero-order valence-corrected chi connectivity index (χ0v) is 20.7. The van der Waals surface area contributed by atoms with Gasteiger partial charge in [-0.2, -0.15) is 18.2 Å². The smallest absolute Gasteiger partial charge is 0.405 e. The predicted molar refractivity (Wildman–Crippen MR) is 131 cm³/mol. The Kier molecular flexibility index (Phi) is 6.26. The molecule has 0 saturated heterocycles. The molecule has 1 amide bonds. The van der Waals surface area contributed by atoms with Crippen molar-refractivity contribution in [2.45, 2.75) is 45.0 Å². The number of carbonyl (C=O) groups excluding carboxylic acids is 1. The molecule has 1 aliphatic carbocycles. The second-order valence-corrected chi connectivity index (χ2v) is 9.65. The lowest BCUT2D eigenvalue weighted by atomic mass is 10.1. The maximum absolute atomic E-state index is 12.5. The lowest BCUT2D eigenvalue weighted by molar-refractivity contribution is -0.123. The van der Waals surface area contributed by atoms with Gasteiger partial charge >= 0.3 is 6.18 Å². The van der Waals surface area contributed by atoms with Gasteiger partial charge < -0.3 is 14.6 Å². The molecule has 1 saturated carbocycles. The summed E-state index contributed by atoms with van der Waals surface area (Å²) in [5.74, 6) is -0.110. The van der Waals surface area contributed by atoms with E-state index in [2.05, 4.69) is 15.0 Å². The minimum atomic E-state index is -4.52. The van der Waals surface area contributed by atoms with E-state index in [-0.39, 0.29) is 16.2 Å². The number of aromatic nitrogens is 5. The molecule has 0 unspecified atom stereocenters. The number of hydrogen-bond donors (Lipinski definition) is 1. The van der Waals surface area contributed by atoms with Crippen LogP contribution in [0.3, 0.4) is 0 Å². The van der Waals surface area contributed by atoms with Gasteiger partial charge in [0.1, 0.15) is 24.3 Å². The third-order valence-corrected chi connectivity index (χ3v) is 6.32. The molecule has 8 nitrogen and oxygen atoms in total. The van der Waals surface area contributed by atoms with Crippen molar-refractivity contribution in [3.8, 4) is 17.3 Å². The number of halogens is 4. The number of pyridine rings is 1. The topological polar surface area (TPSA) is 94.8 Å². The summed E-state index contributed by atoms with van der Waals surface area (Å²) in [7, 11) is 0. The molecule has 5 rings (SSSR count). The van der Waals surface area contributed by atoms with Crippen molar-refractivity contribution in [3.05, 3.63) is 64.7 Å². The minimum absolute atomic E-state index is 0.00789. The Morgan fingerprint density at radius 3 is 2.65 bits per heavy atom. The molecule has 1 aliphatic rings. The van der Waals surface area contributed by atoms with Crippen LogP contribution in [0.2, 0.25) is 5.02 Å². The minimum Gasteiger partial charge on any atom is -0.470 e. The van der Waals surface area contributed by atoms with Crippen LogP contribution in [0.25, 0.3) is 22.6 Å². The molecular formula is C25H22ClF3N6O2.